The van der Waals surface area contributed by atoms with Crippen LogP contribution in [0.5, 0.6) is 0 Å². The van der Waals surface area contributed by atoms with Gasteiger partial charge in [0.05, 0.1) is 37.7 Å². The molecule has 13 nitrogen and oxygen atoms in total. The molecule has 4 aromatic rings. The lowest BCUT2D eigenvalue weighted by Crippen LogP contribution is -2.50. The molecule has 43 heavy (non-hydrogen) atoms. The third-order valence-electron chi connectivity index (χ3n) is 6.31. The number of aromatic nitrogens is 1. The zero-order valence-electron chi connectivity index (χ0n) is 22.5. The molecule has 3 heterocycles. The number of nitro groups is 1. The number of piperazine rings is 1. The highest BCUT2D eigenvalue weighted by molar-refractivity contribution is 9.10. The number of anilines is 1. The topological polar surface area (TPSA) is 156 Å². The summed E-state index contributed by atoms with van der Waals surface area (Å²) in [5.74, 6) is -0.576. The molecule has 1 aliphatic heterocycles. The van der Waals surface area contributed by atoms with Gasteiger partial charge in [0.1, 0.15) is 0 Å². The number of carbonyl (C=O) groups excluding carboxylic acids is 2. The zero-order chi connectivity index (χ0) is 30.7. The van der Waals surface area contributed by atoms with E-state index >= 15 is 0 Å². The minimum Gasteiger partial charge on any atom is -0.450 e. The van der Waals surface area contributed by atoms with Crippen molar-refractivity contribution >= 4 is 87.2 Å². The van der Waals surface area contributed by atoms with Gasteiger partial charge in [0.2, 0.25) is 15.2 Å². The van der Waals surface area contributed by atoms with Gasteiger partial charge in [0, 0.05) is 42.3 Å². The summed E-state index contributed by atoms with van der Waals surface area (Å²) in [6, 6.07) is 13.8. The number of hydrazone groups is 1. The zero-order valence-corrected chi connectivity index (χ0v) is 26.5. The van der Waals surface area contributed by atoms with Crippen molar-refractivity contribution in [2.75, 3.05) is 37.8 Å². The monoisotopic (exact) mass is 706 g/mol. The maximum atomic E-state index is 13.7. The van der Waals surface area contributed by atoms with E-state index in [4.69, 9.17) is 4.74 Å². The molecule has 224 valence electrons. The van der Waals surface area contributed by atoms with Crippen molar-refractivity contribution in [3.63, 3.8) is 0 Å². The quantitative estimate of drug-likeness (QED) is 0.138. The number of ether oxygens (including phenoxy) is 1. The minimum atomic E-state index is -3.88. The molecule has 0 atom stereocenters. The van der Waals surface area contributed by atoms with E-state index in [-0.39, 0.29) is 53.4 Å². The summed E-state index contributed by atoms with van der Waals surface area (Å²) in [6.45, 7) is 2.56. The van der Waals surface area contributed by atoms with Crippen molar-refractivity contribution in [2.24, 2.45) is 5.10 Å². The number of carbonyl (C=O) groups is 2. The lowest BCUT2D eigenvalue weighted by Gasteiger charge is -2.33. The lowest BCUT2D eigenvalue weighted by atomic mass is 10.2. The van der Waals surface area contributed by atoms with Gasteiger partial charge >= 0.3 is 11.1 Å². The number of amides is 2. The Balaban J connectivity index is 1.39. The second-order valence-electron chi connectivity index (χ2n) is 9.02. The van der Waals surface area contributed by atoms with Crippen LogP contribution in [-0.2, 0) is 14.8 Å². The number of sulfonamides is 1. The second-order valence-corrected chi connectivity index (χ2v) is 14.0. The Morgan fingerprint density at radius 3 is 2.49 bits per heavy atom. The molecule has 1 aliphatic rings. The van der Waals surface area contributed by atoms with Crippen molar-refractivity contribution in [2.45, 2.75) is 11.8 Å². The highest BCUT2D eigenvalue weighted by atomic mass is 79.9. The third-order valence-corrected chi connectivity index (χ3v) is 10.7. The molecule has 17 heteroatoms. The van der Waals surface area contributed by atoms with Crippen molar-refractivity contribution in [1.29, 1.82) is 0 Å². The van der Waals surface area contributed by atoms with Gasteiger partial charge in [-0.15, -0.1) is 0 Å². The molecule has 0 radical (unpaired) electrons. The van der Waals surface area contributed by atoms with E-state index in [1.807, 2.05) is 12.1 Å². The van der Waals surface area contributed by atoms with Crippen LogP contribution in [0.3, 0.4) is 0 Å². The fraction of sp³-hybridized carbons (Fsp3) is 0.231. The first kappa shape index (κ1) is 30.7. The molecule has 0 spiro atoms. The molecule has 1 fully saturated rings. The van der Waals surface area contributed by atoms with Gasteiger partial charge in [0.15, 0.2) is 0 Å². The predicted molar refractivity (Wildman–Crippen MR) is 166 cm³/mol. The SMILES string of the molecule is CCOC(=O)N1CCN(S(=O)(=O)c2ccc(C(=O)N(/N=C/c3ccc([N+](=O)[O-])s3)c3nc4ccc(Br)cc4s3)cc2)CC1. The highest BCUT2D eigenvalue weighted by Gasteiger charge is 2.31. The number of nitrogens with zero attached hydrogens (tertiary/aromatic N) is 6. The Morgan fingerprint density at radius 2 is 1.84 bits per heavy atom. The number of hydrogen-bond acceptors (Lipinski definition) is 11. The summed E-state index contributed by atoms with van der Waals surface area (Å²) in [4.78, 5) is 42.7. The van der Waals surface area contributed by atoms with Gasteiger partial charge in [-0.3, -0.25) is 14.9 Å². The summed E-state index contributed by atoms with van der Waals surface area (Å²) < 4.78 is 34.5. The first-order valence-electron chi connectivity index (χ1n) is 12.8. The number of hydrogen-bond donors (Lipinski definition) is 0. The number of fused-ring (bicyclic) bond motifs is 1. The Morgan fingerprint density at radius 1 is 1.12 bits per heavy atom. The highest BCUT2D eigenvalue weighted by Crippen LogP contribution is 2.32. The summed E-state index contributed by atoms with van der Waals surface area (Å²) in [6.07, 6.45) is 0.861. The molecule has 2 aromatic heterocycles. The fourth-order valence-electron chi connectivity index (χ4n) is 4.16. The van der Waals surface area contributed by atoms with E-state index in [1.54, 1.807) is 13.0 Å². The molecule has 0 saturated carbocycles. The summed E-state index contributed by atoms with van der Waals surface area (Å²) in [7, 11) is -3.88. The van der Waals surface area contributed by atoms with E-state index in [1.165, 1.54) is 63.2 Å². The van der Waals surface area contributed by atoms with Gasteiger partial charge in [0.25, 0.3) is 5.91 Å². The molecule has 0 bridgehead atoms. The first-order chi connectivity index (χ1) is 20.6. The molecule has 2 aromatic carbocycles. The second kappa shape index (κ2) is 12.8. The molecule has 5 rings (SSSR count). The Labute approximate surface area is 262 Å². The lowest BCUT2D eigenvalue weighted by molar-refractivity contribution is -0.380. The van der Waals surface area contributed by atoms with Crippen LogP contribution in [0.25, 0.3) is 10.2 Å². The van der Waals surface area contributed by atoms with Crippen LogP contribution < -0.4 is 5.01 Å². The van der Waals surface area contributed by atoms with Gasteiger partial charge in [-0.2, -0.15) is 14.4 Å². The number of thiazole rings is 1. The van der Waals surface area contributed by atoms with E-state index in [0.29, 0.717) is 10.4 Å². The molecule has 1 saturated heterocycles. The molecule has 0 N–H and O–H groups in total. The van der Waals surface area contributed by atoms with Crippen LogP contribution >= 0.6 is 38.6 Å². The van der Waals surface area contributed by atoms with Crippen LogP contribution in [0.15, 0.2) is 69.1 Å². The maximum absolute atomic E-state index is 13.7. The third kappa shape index (κ3) is 6.75. The number of rotatable bonds is 8. The summed E-state index contributed by atoms with van der Waals surface area (Å²) in [5, 5.41) is 16.7. The van der Waals surface area contributed by atoms with Crippen LogP contribution in [0.4, 0.5) is 14.9 Å². The van der Waals surface area contributed by atoms with E-state index in [0.717, 1.165) is 25.5 Å². The van der Waals surface area contributed by atoms with Crippen molar-refractivity contribution < 1.29 is 27.7 Å². The maximum Gasteiger partial charge on any atom is 0.409 e. The summed E-state index contributed by atoms with van der Waals surface area (Å²) >= 11 is 5.56. The molecular formula is C26H23BrN6O7S3. The summed E-state index contributed by atoms with van der Waals surface area (Å²) in [5.41, 5.74) is 0.799. The smallest absolute Gasteiger partial charge is 0.409 e. The normalized spacial score (nSPS) is 14.3. The largest absolute Gasteiger partial charge is 0.450 e. The standard InChI is InChI=1S/C26H23BrN6O7S3/c1-2-40-26(35)30-11-13-31(14-12-30)43(38,39)20-7-3-17(4-8-20)24(34)32(28-16-19-6-10-23(41-19)33(36)37)25-29-21-9-5-18(27)15-22(21)42-25/h3-10,15-16H,2,11-14H2,1H3/b28-16+. The van der Waals surface area contributed by atoms with Gasteiger partial charge in [-0.05, 0) is 55.5 Å². The van der Waals surface area contributed by atoms with E-state index in [2.05, 4.69) is 26.0 Å². The van der Waals surface area contributed by atoms with Gasteiger partial charge in [-0.25, -0.2) is 18.2 Å². The number of benzene rings is 2. The Kier molecular flexibility index (Phi) is 9.16. The molecule has 0 unspecified atom stereocenters. The Hall–Kier alpha value is -3.77. The average Bonchev–Trinajstić information content (AvgIpc) is 3.65. The number of thiophene rings is 1. The van der Waals surface area contributed by atoms with Crippen LogP contribution in [0, 0.1) is 10.1 Å². The van der Waals surface area contributed by atoms with E-state index < -0.39 is 26.9 Å². The molecule has 0 aliphatic carbocycles. The predicted octanol–water partition coefficient (Wildman–Crippen LogP) is 5.17. The van der Waals surface area contributed by atoms with Gasteiger partial charge in [-0.1, -0.05) is 38.6 Å². The van der Waals surface area contributed by atoms with Gasteiger partial charge < -0.3 is 9.64 Å². The minimum absolute atomic E-state index is 0.000539. The first-order valence-corrected chi connectivity index (χ1v) is 16.6. The van der Waals surface area contributed by atoms with Crippen LogP contribution in [-0.4, -0.2) is 78.5 Å². The number of halogens is 1. The molecule has 2 amide bonds. The molecular weight excluding hydrogens is 684 g/mol. The van der Waals surface area contributed by atoms with Crippen molar-refractivity contribution in [3.05, 3.63) is 79.6 Å². The Bertz CT molecular complexity index is 1820. The van der Waals surface area contributed by atoms with Crippen LogP contribution in [0.2, 0.25) is 0 Å². The van der Waals surface area contributed by atoms with Crippen molar-refractivity contribution in [1.82, 2.24) is 14.2 Å². The average molecular weight is 708 g/mol. The van der Waals surface area contributed by atoms with Crippen molar-refractivity contribution in [3.8, 4) is 0 Å². The van der Waals surface area contributed by atoms with Crippen LogP contribution in [0.1, 0.15) is 22.2 Å². The fourth-order valence-corrected chi connectivity index (χ4v) is 7.74. The van der Waals surface area contributed by atoms with E-state index in [9.17, 15) is 28.1 Å².